The Labute approximate surface area is 269 Å². The number of hydrogen-bond acceptors (Lipinski definition) is 5. The first-order valence-electron chi connectivity index (χ1n) is 15.2. The predicted octanol–water partition coefficient (Wildman–Crippen LogP) is 6.38. The number of carboxylic acid groups (broad SMARTS) is 2. The van der Waals surface area contributed by atoms with Crippen LogP contribution in [0.3, 0.4) is 0 Å². The Kier molecular flexibility index (Phi) is 9.45. The van der Waals surface area contributed by atoms with E-state index in [2.05, 4.69) is 58.7 Å². The van der Waals surface area contributed by atoms with Crippen LogP contribution in [0.5, 0.6) is 0 Å². The highest BCUT2D eigenvalue weighted by atomic mass is 35.5. The summed E-state index contributed by atoms with van der Waals surface area (Å²) < 4.78 is 0. The summed E-state index contributed by atoms with van der Waals surface area (Å²) in [5.74, 6) is -3.30. The number of hydrogen-bond donors (Lipinski definition) is 4. The van der Waals surface area contributed by atoms with Gasteiger partial charge in [0, 0.05) is 17.4 Å². The second-order valence-corrected chi connectivity index (χ2v) is 13.4. The van der Waals surface area contributed by atoms with Crippen molar-refractivity contribution < 1.29 is 19.8 Å². The van der Waals surface area contributed by atoms with E-state index < -0.39 is 40.9 Å². The minimum Gasteiger partial charge on any atom is -0.481 e. The number of rotatable bonds is 9. The highest BCUT2D eigenvalue weighted by molar-refractivity contribution is 6.42. The normalized spacial score (nSPS) is 28.8. The molecule has 0 amide bonds. The van der Waals surface area contributed by atoms with Crippen LogP contribution >= 0.6 is 23.2 Å². The van der Waals surface area contributed by atoms with E-state index in [1.807, 2.05) is 12.1 Å². The van der Waals surface area contributed by atoms with Gasteiger partial charge < -0.3 is 20.8 Å². The molecule has 2 saturated heterocycles. The van der Waals surface area contributed by atoms with Gasteiger partial charge in [-0.05, 0) is 81.9 Å². The molecule has 2 fully saturated rings. The number of nitrogens with zero attached hydrogens (tertiary/aromatic N) is 1. The third kappa shape index (κ3) is 5.43. The van der Waals surface area contributed by atoms with Crippen LogP contribution in [0.25, 0.3) is 0 Å². The average Bonchev–Trinajstić information content (AvgIpc) is 3.02. The molecule has 0 aromatic heterocycles. The smallest absolute Gasteiger partial charge is 0.312 e. The lowest BCUT2D eigenvalue weighted by molar-refractivity contribution is -0.172. The monoisotopic (exact) mass is 637 g/mol. The molecule has 2 aliphatic rings. The van der Waals surface area contributed by atoms with E-state index in [0.29, 0.717) is 18.5 Å². The number of nitrogens with two attached hydrogens (primary N) is 1. The summed E-state index contributed by atoms with van der Waals surface area (Å²) in [6, 6.07) is 25.6. The first-order chi connectivity index (χ1) is 21.0. The molecule has 5 N–H and O–H groups in total. The third-order valence-corrected chi connectivity index (χ3v) is 11.4. The van der Waals surface area contributed by atoms with Gasteiger partial charge in [0.25, 0.3) is 0 Å². The highest BCUT2D eigenvalue weighted by Crippen LogP contribution is 2.58. The Morgan fingerprint density at radius 1 is 0.909 bits per heavy atom. The molecule has 0 spiro atoms. The van der Waals surface area contributed by atoms with Crippen LogP contribution in [0.15, 0.2) is 78.9 Å². The van der Waals surface area contributed by atoms with Crippen molar-refractivity contribution in [3.05, 3.63) is 106 Å². The molecular formula is C35H41Cl2N3O4. The molecule has 5 atom stereocenters. The molecule has 0 saturated carbocycles. The summed E-state index contributed by atoms with van der Waals surface area (Å²) in [7, 11) is 0. The summed E-state index contributed by atoms with van der Waals surface area (Å²) in [4.78, 5) is 28.7. The van der Waals surface area contributed by atoms with Gasteiger partial charge in [0.2, 0.25) is 0 Å². The first kappa shape index (κ1) is 32.5. The number of nitrogens with one attached hydrogen (secondary N) is 1. The summed E-state index contributed by atoms with van der Waals surface area (Å²) >= 11 is 13.1. The predicted molar refractivity (Wildman–Crippen MR) is 174 cm³/mol. The van der Waals surface area contributed by atoms with E-state index in [4.69, 9.17) is 28.9 Å². The zero-order valence-corrected chi connectivity index (χ0v) is 26.7. The quantitative estimate of drug-likeness (QED) is 0.215. The molecule has 9 heteroatoms. The molecule has 5 unspecified atom stereocenters. The van der Waals surface area contributed by atoms with Crippen LogP contribution in [0.4, 0.5) is 0 Å². The van der Waals surface area contributed by atoms with Gasteiger partial charge in [0.15, 0.2) is 0 Å². The van der Waals surface area contributed by atoms with Gasteiger partial charge in [-0.25, -0.2) is 0 Å². The van der Waals surface area contributed by atoms with E-state index in [1.54, 1.807) is 25.1 Å². The SMILES string of the molecule is CC1NC(N)C(C)(C(=O)O)C(c2cccc(Cl)c2Cl)C1(CCCN1CCC(c2ccccc2)(c2ccccc2)CC1)C(=O)O. The lowest BCUT2D eigenvalue weighted by atomic mass is 9.52. The lowest BCUT2D eigenvalue weighted by Gasteiger charge is -2.56. The molecule has 0 radical (unpaired) electrons. The molecule has 2 heterocycles. The Bertz CT molecular complexity index is 1440. The Hall–Kier alpha value is -2.94. The van der Waals surface area contributed by atoms with Crippen molar-refractivity contribution in [1.82, 2.24) is 10.2 Å². The van der Waals surface area contributed by atoms with Gasteiger partial charge in [-0.2, -0.15) is 0 Å². The van der Waals surface area contributed by atoms with Crippen molar-refractivity contribution in [2.24, 2.45) is 16.6 Å². The molecule has 3 aromatic rings. The Balaban J connectivity index is 1.41. The maximum absolute atomic E-state index is 13.4. The van der Waals surface area contributed by atoms with Gasteiger partial charge in [-0.3, -0.25) is 14.9 Å². The molecule has 0 bridgehead atoms. The summed E-state index contributed by atoms with van der Waals surface area (Å²) in [5.41, 5.74) is 6.18. The van der Waals surface area contributed by atoms with Crippen molar-refractivity contribution in [3.8, 4) is 0 Å². The zero-order valence-electron chi connectivity index (χ0n) is 25.2. The van der Waals surface area contributed by atoms with E-state index in [9.17, 15) is 19.8 Å². The molecule has 44 heavy (non-hydrogen) atoms. The number of carbonyl (C=O) groups is 2. The molecule has 2 aliphatic heterocycles. The van der Waals surface area contributed by atoms with E-state index >= 15 is 0 Å². The number of benzene rings is 3. The fourth-order valence-electron chi connectivity index (χ4n) is 7.94. The molecular weight excluding hydrogens is 597 g/mol. The molecule has 3 aromatic carbocycles. The molecule has 234 valence electrons. The second kappa shape index (κ2) is 12.8. The summed E-state index contributed by atoms with van der Waals surface area (Å²) in [5, 5.41) is 25.0. The number of aliphatic carboxylic acids is 2. The van der Waals surface area contributed by atoms with Crippen molar-refractivity contribution in [1.29, 1.82) is 0 Å². The minimum absolute atomic E-state index is 0.0863. The number of carboxylic acids is 2. The van der Waals surface area contributed by atoms with Crippen LogP contribution in [-0.4, -0.2) is 58.9 Å². The van der Waals surface area contributed by atoms with E-state index in [1.165, 1.54) is 18.1 Å². The first-order valence-corrected chi connectivity index (χ1v) is 16.0. The van der Waals surface area contributed by atoms with Crippen molar-refractivity contribution in [2.75, 3.05) is 19.6 Å². The van der Waals surface area contributed by atoms with Crippen molar-refractivity contribution >= 4 is 35.1 Å². The minimum atomic E-state index is -1.67. The fourth-order valence-corrected chi connectivity index (χ4v) is 8.36. The van der Waals surface area contributed by atoms with Crippen molar-refractivity contribution in [3.63, 3.8) is 0 Å². The molecule has 0 aliphatic carbocycles. The van der Waals surface area contributed by atoms with Crippen LogP contribution < -0.4 is 11.1 Å². The van der Waals surface area contributed by atoms with E-state index in [-0.39, 0.29) is 21.9 Å². The van der Waals surface area contributed by atoms with Crippen LogP contribution in [-0.2, 0) is 15.0 Å². The number of halogens is 2. The fraction of sp³-hybridized carbons (Fsp3) is 0.429. The van der Waals surface area contributed by atoms with Crippen LogP contribution in [0.1, 0.15) is 62.1 Å². The number of piperidine rings is 2. The third-order valence-electron chi connectivity index (χ3n) is 10.5. The molecule has 7 nitrogen and oxygen atoms in total. The van der Waals surface area contributed by atoms with Gasteiger partial charge in [-0.1, -0.05) is 96.0 Å². The highest BCUT2D eigenvalue weighted by Gasteiger charge is 2.65. The average molecular weight is 639 g/mol. The van der Waals surface area contributed by atoms with Crippen molar-refractivity contribution in [2.45, 2.75) is 63.1 Å². The second-order valence-electron chi connectivity index (χ2n) is 12.6. The topological polar surface area (TPSA) is 116 Å². The van der Waals surface area contributed by atoms with Gasteiger partial charge >= 0.3 is 11.9 Å². The maximum atomic E-state index is 13.4. The van der Waals surface area contributed by atoms with Gasteiger partial charge in [0.05, 0.1) is 21.6 Å². The summed E-state index contributed by atoms with van der Waals surface area (Å²) in [6.45, 7) is 5.69. The van der Waals surface area contributed by atoms with Gasteiger partial charge in [-0.15, -0.1) is 0 Å². The van der Waals surface area contributed by atoms with Crippen LogP contribution in [0, 0.1) is 10.8 Å². The van der Waals surface area contributed by atoms with Gasteiger partial charge in [0.1, 0.15) is 5.41 Å². The standard InChI is InChI=1S/C35H41Cl2N3O4/c1-23-35(32(43)44,29(26-15-9-16-27(36)28(26)37)33(2,31(41)42)30(38)39-23)17-10-20-40-21-18-34(19-22-40,24-11-5-3-6-12-24)25-13-7-4-8-14-25/h3-9,11-16,23,29-30,39H,10,17-22,38H2,1-2H3,(H,41,42)(H,43,44). The summed E-state index contributed by atoms with van der Waals surface area (Å²) in [6.07, 6.45) is 1.67. The number of likely N-dealkylation sites (tertiary alicyclic amines) is 1. The van der Waals surface area contributed by atoms with Crippen LogP contribution in [0.2, 0.25) is 10.0 Å². The van der Waals surface area contributed by atoms with E-state index in [0.717, 1.165) is 25.9 Å². The molecule has 5 rings (SSSR count). The largest absolute Gasteiger partial charge is 0.481 e. The zero-order chi connectivity index (χ0) is 31.7. The Morgan fingerprint density at radius 2 is 1.48 bits per heavy atom. The lowest BCUT2D eigenvalue weighted by Crippen LogP contribution is -2.72. The maximum Gasteiger partial charge on any atom is 0.312 e. The Morgan fingerprint density at radius 3 is 2.00 bits per heavy atom.